The minimum atomic E-state index is 0.0493. The van der Waals surface area contributed by atoms with Crippen molar-refractivity contribution >= 4 is 16.8 Å². The number of carbonyl (C=O) groups is 1. The predicted octanol–water partition coefficient (Wildman–Crippen LogP) is 2.72. The Kier molecular flexibility index (Phi) is 3.38. The van der Waals surface area contributed by atoms with E-state index in [4.69, 9.17) is 0 Å². The molecule has 0 bridgehead atoms. The van der Waals surface area contributed by atoms with Gasteiger partial charge in [-0.1, -0.05) is 18.2 Å². The van der Waals surface area contributed by atoms with Crippen LogP contribution in [0.2, 0.25) is 0 Å². The summed E-state index contributed by atoms with van der Waals surface area (Å²) in [6.45, 7) is 5.41. The van der Waals surface area contributed by atoms with Crippen molar-refractivity contribution in [3.05, 3.63) is 42.1 Å². The molecule has 0 radical (unpaired) electrons. The molecule has 0 aliphatic heterocycles. The number of pyridine rings is 1. The lowest BCUT2D eigenvalue weighted by Crippen LogP contribution is -2.30. The van der Waals surface area contributed by atoms with Gasteiger partial charge in [0.2, 0.25) is 0 Å². The zero-order valence-electron chi connectivity index (χ0n) is 10.2. The van der Waals surface area contributed by atoms with Crippen molar-refractivity contribution in [2.75, 3.05) is 13.1 Å². The van der Waals surface area contributed by atoms with Gasteiger partial charge < -0.3 is 4.90 Å². The lowest BCUT2D eigenvalue weighted by Gasteiger charge is -2.18. The molecule has 0 unspecified atom stereocenters. The Bertz CT molecular complexity index is 532. The highest BCUT2D eigenvalue weighted by molar-refractivity contribution is 5.97. The average molecular weight is 228 g/mol. The lowest BCUT2D eigenvalue weighted by atomic mass is 10.1. The largest absolute Gasteiger partial charge is 0.339 e. The van der Waals surface area contributed by atoms with Crippen LogP contribution >= 0.6 is 0 Å². The fourth-order valence-corrected chi connectivity index (χ4v) is 1.88. The number of amides is 1. The van der Waals surface area contributed by atoms with Gasteiger partial charge in [-0.05, 0) is 26.0 Å². The van der Waals surface area contributed by atoms with Gasteiger partial charge in [0.05, 0.1) is 11.1 Å². The molecule has 0 aliphatic carbocycles. The van der Waals surface area contributed by atoms with Gasteiger partial charge in [-0.2, -0.15) is 0 Å². The van der Waals surface area contributed by atoms with E-state index < -0.39 is 0 Å². The second-order valence-corrected chi connectivity index (χ2v) is 3.89. The molecule has 0 saturated carbocycles. The van der Waals surface area contributed by atoms with Gasteiger partial charge in [-0.3, -0.25) is 9.78 Å². The van der Waals surface area contributed by atoms with E-state index in [1.165, 1.54) is 0 Å². The van der Waals surface area contributed by atoms with Crippen LogP contribution in [0.5, 0.6) is 0 Å². The highest BCUT2D eigenvalue weighted by Gasteiger charge is 2.12. The third-order valence-corrected chi connectivity index (χ3v) is 2.89. The number of carbonyl (C=O) groups excluding carboxylic acids is 1. The maximum absolute atomic E-state index is 12.1. The highest BCUT2D eigenvalue weighted by atomic mass is 16.2. The van der Waals surface area contributed by atoms with Crippen molar-refractivity contribution in [3.8, 4) is 0 Å². The predicted molar refractivity (Wildman–Crippen MR) is 69.0 cm³/mol. The molecule has 1 aromatic heterocycles. The molecule has 2 aromatic rings. The number of aromatic nitrogens is 1. The van der Waals surface area contributed by atoms with Gasteiger partial charge in [-0.25, -0.2) is 0 Å². The second kappa shape index (κ2) is 4.95. The third kappa shape index (κ3) is 2.28. The molecular formula is C14H16N2O. The first-order chi connectivity index (χ1) is 8.26. The number of fused-ring (bicyclic) bond motifs is 1. The monoisotopic (exact) mass is 228 g/mol. The summed E-state index contributed by atoms with van der Waals surface area (Å²) < 4.78 is 0. The molecule has 0 fully saturated rings. The van der Waals surface area contributed by atoms with Crippen LogP contribution in [0.4, 0.5) is 0 Å². The fourth-order valence-electron chi connectivity index (χ4n) is 1.88. The first-order valence-electron chi connectivity index (χ1n) is 5.90. The molecule has 0 aliphatic rings. The first-order valence-corrected chi connectivity index (χ1v) is 5.90. The van der Waals surface area contributed by atoms with E-state index >= 15 is 0 Å². The molecule has 0 N–H and O–H groups in total. The molecule has 1 aromatic carbocycles. The standard InChI is InChI=1S/C14H16N2O/c1-3-16(4-2)14(17)12-9-11-7-5-6-8-13(11)15-10-12/h5-10H,3-4H2,1-2H3. The van der Waals surface area contributed by atoms with Crippen LogP contribution < -0.4 is 0 Å². The summed E-state index contributed by atoms with van der Waals surface area (Å²) >= 11 is 0. The molecule has 0 saturated heterocycles. The number of hydrogen-bond donors (Lipinski definition) is 0. The number of hydrogen-bond acceptors (Lipinski definition) is 2. The fraction of sp³-hybridized carbons (Fsp3) is 0.286. The highest BCUT2D eigenvalue weighted by Crippen LogP contribution is 2.14. The van der Waals surface area contributed by atoms with Gasteiger partial charge >= 0.3 is 0 Å². The zero-order chi connectivity index (χ0) is 12.3. The van der Waals surface area contributed by atoms with Gasteiger partial charge in [0, 0.05) is 24.7 Å². The van der Waals surface area contributed by atoms with Crippen LogP contribution in [-0.2, 0) is 0 Å². The lowest BCUT2D eigenvalue weighted by molar-refractivity contribution is 0.0773. The molecule has 1 heterocycles. The number of rotatable bonds is 3. The molecule has 17 heavy (non-hydrogen) atoms. The molecular weight excluding hydrogens is 212 g/mol. The van der Waals surface area contributed by atoms with Crippen LogP contribution in [-0.4, -0.2) is 28.9 Å². The van der Waals surface area contributed by atoms with Crippen molar-refractivity contribution in [3.63, 3.8) is 0 Å². The Balaban J connectivity index is 2.39. The van der Waals surface area contributed by atoms with Crippen LogP contribution in [0, 0.1) is 0 Å². The quantitative estimate of drug-likeness (QED) is 0.809. The minimum Gasteiger partial charge on any atom is -0.339 e. The molecule has 0 atom stereocenters. The van der Waals surface area contributed by atoms with Gasteiger partial charge in [0.15, 0.2) is 0 Å². The molecule has 1 amide bonds. The zero-order valence-corrected chi connectivity index (χ0v) is 10.2. The summed E-state index contributed by atoms with van der Waals surface area (Å²) in [6, 6.07) is 9.72. The SMILES string of the molecule is CCN(CC)C(=O)c1cnc2ccccc2c1. The molecule has 88 valence electrons. The summed E-state index contributed by atoms with van der Waals surface area (Å²) in [6.07, 6.45) is 1.66. The van der Waals surface area contributed by atoms with Crippen molar-refractivity contribution in [1.29, 1.82) is 0 Å². The summed E-state index contributed by atoms with van der Waals surface area (Å²) in [5.74, 6) is 0.0493. The van der Waals surface area contributed by atoms with Crippen LogP contribution in [0.3, 0.4) is 0 Å². The summed E-state index contributed by atoms with van der Waals surface area (Å²) in [4.78, 5) is 18.2. The molecule has 2 rings (SSSR count). The number of nitrogens with zero attached hydrogens (tertiary/aromatic N) is 2. The molecule has 3 nitrogen and oxygen atoms in total. The topological polar surface area (TPSA) is 33.2 Å². The molecule has 3 heteroatoms. The molecule has 0 spiro atoms. The van der Waals surface area contributed by atoms with E-state index in [-0.39, 0.29) is 5.91 Å². The van der Waals surface area contributed by atoms with Gasteiger partial charge in [0.1, 0.15) is 0 Å². The minimum absolute atomic E-state index is 0.0493. The average Bonchev–Trinajstić information content (AvgIpc) is 2.39. The smallest absolute Gasteiger partial charge is 0.255 e. The summed E-state index contributed by atoms with van der Waals surface area (Å²) in [5.41, 5.74) is 1.58. The van der Waals surface area contributed by atoms with Crippen molar-refractivity contribution in [1.82, 2.24) is 9.88 Å². The van der Waals surface area contributed by atoms with E-state index in [0.717, 1.165) is 24.0 Å². The van der Waals surface area contributed by atoms with E-state index in [9.17, 15) is 4.79 Å². The maximum Gasteiger partial charge on any atom is 0.255 e. The van der Waals surface area contributed by atoms with Crippen molar-refractivity contribution in [2.24, 2.45) is 0 Å². The Morgan fingerprint density at radius 1 is 1.24 bits per heavy atom. The van der Waals surface area contributed by atoms with E-state index in [2.05, 4.69) is 4.98 Å². The first kappa shape index (κ1) is 11.6. The van der Waals surface area contributed by atoms with E-state index in [1.807, 2.05) is 44.2 Å². The van der Waals surface area contributed by atoms with Gasteiger partial charge in [0.25, 0.3) is 5.91 Å². The second-order valence-electron chi connectivity index (χ2n) is 3.89. The maximum atomic E-state index is 12.1. The van der Waals surface area contributed by atoms with Gasteiger partial charge in [-0.15, -0.1) is 0 Å². The number of para-hydroxylation sites is 1. The van der Waals surface area contributed by atoms with Crippen LogP contribution in [0.25, 0.3) is 10.9 Å². The van der Waals surface area contributed by atoms with E-state index in [1.54, 1.807) is 11.1 Å². The third-order valence-electron chi connectivity index (χ3n) is 2.89. The Hall–Kier alpha value is -1.90. The van der Waals surface area contributed by atoms with Crippen LogP contribution in [0.15, 0.2) is 36.5 Å². The summed E-state index contributed by atoms with van der Waals surface area (Å²) in [5, 5.41) is 1.01. The Morgan fingerprint density at radius 2 is 1.94 bits per heavy atom. The van der Waals surface area contributed by atoms with E-state index in [0.29, 0.717) is 5.56 Å². The van der Waals surface area contributed by atoms with Crippen molar-refractivity contribution < 1.29 is 4.79 Å². The Morgan fingerprint density at radius 3 is 2.65 bits per heavy atom. The summed E-state index contributed by atoms with van der Waals surface area (Å²) in [7, 11) is 0. The normalized spacial score (nSPS) is 10.5. The Labute approximate surface area is 101 Å². The van der Waals surface area contributed by atoms with Crippen LogP contribution in [0.1, 0.15) is 24.2 Å². The number of benzene rings is 1. The van der Waals surface area contributed by atoms with Crippen molar-refractivity contribution in [2.45, 2.75) is 13.8 Å².